The largest absolute Gasteiger partial charge is 0.277 e. The summed E-state index contributed by atoms with van der Waals surface area (Å²) < 4.78 is 2.77. The molecule has 0 radical (unpaired) electrons. The first kappa shape index (κ1) is 12.7. The molecule has 98 valence electrons. The van der Waals surface area contributed by atoms with Crippen LogP contribution in [-0.2, 0) is 12.8 Å². The van der Waals surface area contributed by atoms with Crippen molar-refractivity contribution in [1.82, 2.24) is 19.6 Å². The lowest BCUT2D eigenvalue weighted by atomic mass is 10.1. The molecule has 3 aromatic rings. The van der Waals surface area contributed by atoms with Gasteiger partial charge in [-0.3, -0.25) is 5.10 Å². The molecule has 1 N–H and O–H groups in total. The Morgan fingerprint density at radius 2 is 2.16 bits per heavy atom. The second-order valence-electron chi connectivity index (χ2n) is 4.42. The number of hydrogen-bond donors (Lipinski definition) is 1. The summed E-state index contributed by atoms with van der Waals surface area (Å²) in [6.07, 6.45) is 1.73. The summed E-state index contributed by atoms with van der Waals surface area (Å²) in [5, 5.41) is 4.00. The van der Waals surface area contributed by atoms with E-state index in [4.69, 9.17) is 11.6 Å². The molecule has 0 bridgehead atoms. The van der Waals surface area contributed by atoms with Crippen molar-refractivity contribution in [2.45, 2.75) is 19.8 Å². The molecule has 0 aliphatic carbocycles. The molecule has 0 aliphatic rings. The highest BCUT2D eigenvalue weighted by Gasteiger charge is 2.10. The van der Waals surface area contributed by atoms with Crippen molar-refractivity contribution in [3.05, 3.63) is 51.0 Å². The van der Waals surface area contributed by atoms with Gasteiger partial charge in [0.25, 0.3) is 5.78 Å². The fourth-order valence-electron chi connectivity index (χ4n) is 2.01. The van der Waals surface area contributed by atoms with Crippen LogP contribution in [0.4, 0.5) is 0 Å². The van der Waals surface area contributed by atoms with Gasteiger partial charge in [0, 0.05) is 11.4 Å². The fourth-order valence-corrected chi connectivity index (χ4v) is 2.56. The van der Waals surface area contributed by atoms with E-state index >= 15 is 0 Å². The number of imidazole rings is 1. The van der Waals surface area contributed by atoms with Gasteiger partial charge in [-0.05, 0) is 47.0 Å². The Hall–Kier alpha value is -1.33. The zero-order chi connectivity index (χ0) is 13.4. The van der Waals surface area contributed by atoms with Gasteiger partial charge in [0.2, 0.25) is 0 Å². The molecule has 6 heteroatoms. The van der Waals surface area contributed by atoms with Crippen LogP contribution < -0.4 is 0 Å². The van der Waals surface area contributed by atoms with Gasteiger partial charge in [-0.1, -0.05) is 23.7 Å². The molecule has 0 saturated heterocycles. The van der Waals surface area contributed by atoms with Crippen molar-refractivity contribution >= 4 is 33.3 Å². The molecule has 2 heterocycles. The van der Waals surface area contributed by atoms with Crippen LogP contribution in [0, 0.1) is 6.92 Å². The lowest BCUT2D eigenvalue weighted by Gasteiger charge is -1.99. The number of halogens is 2. The first-order valence-electron chi connectivity index (χ1n) is 5.97. The fraction of sp³-hybridized carbons (Fsp3) is 0.231. The molecule has 0 spiro atoms. The highest BCUT2D eigenvalue weighted by atomic mass is 79.9. The highest BCUT2D eigenvalue weighted by Crippen LogP contribution is 2.17. The number of H-pyrrole nitrogens is 1. The predicted molar refractivity (Wildman–Crippen MR) is 78.6 cm³/mol. The first-order valence-corrected chi connectivity index (χ1v) is 7.14. The standard InChI is InChI=1S/C13H12BrClN4/c1-8-12(14)19-13(16-8)17-11(18-19)6-5-9-3-2-4-10(15)7-9/h2-4,7H,5-6H2,1H3,(H,16,17,18). The van der Waals surface area contributed by atoms with Crippen molar-refractivity contribution < 1.29 is 0 Å². The van der Waals surface area contributed by atoms with Crippen LogP contribution in [0.1, 0.15) is 17.1 Å². The van der Waals surface area contributed by atoms with E-state index in [0.29, 0.717) is 5.78 Å². The SMILES string of the molecule is Cc1nc2nc(CCc3cccc(Cl)c3)[nH]n2c1Br. The van der Waals surface area contributed by atoms with E-state index in [0.717, 1.165) is 34.0 Å². The quantitative estimate of drug-likeness (QED) is 0.793. The van der Waals surface area contributed by atoms with E-state index < -0.39 is 0 Å². The van der Waals surface area contributed by atoms with E-state index in [1.165, 1.54) is 5.56 Å². The third-order valence-electron chi connectivity index (χ3n) is 2.98. The number of nitrogens with one attached hydrogen (secondary N) is 1. The van der Waals surface area contributed by atoms with Gasteiger partial charge < -0.3 is 0 Å². The van der Waals surface area contributed by atoms with Crippen molar-refractivity contribution in [3.63, 3.8) is 0 Å². The number of hydrogen-bond acceptors (Lipinski definition) is 2. The third-order valence-corrected chi connectivity index (χ3v) is 4.14. The van der Waals surface area contributed by atoms with Gasteiger partial charge in [-0.15, -0.1) is 0 Å². The Morgan fingerprint density at radius 3 is 2.89 bits per heavy atom. The molecular formula is C13H12BrClN4. The average Bonchev–Trinajstić information content (AvgIpc) is 2.88. The van der Waals surface area contributed by atoms with Gasteiger partial charge in [-0.25, -0.2) is 9.50 Å². The van der Waals surface area contributed by atoms with Crippen molar-refractivity contribution in [1.29, 1.82) is 0 Å². The zero-order valence-electron chi connectivity index (χ0n) is 10.3. The number of aromatic amines is 1. The Balaban J connectivity index is 1.78. The molecular weight excluding hydrogens is 328 g/mol. The van der Waals surface area contributed by atoms with Gasteiger partial charge >= 0.3 is 0 Å². The second kappa shape index (κ2) is 4.98. The van der Waals surface area contributed by atoms with Crippen LogP contribution >= 0.6 is 27.5 Å². The maximum Gasteiger partial charge on any atom is 0.251 e. The first-order chi connectivity index (χ1) is 9.13. The summed E-state index contributed by atoms with van der Waals surface area (Å²) in [7, 11) is 0. The highest BCUT2D eigenvalue weighted by molar-refractivity contribution is 9.10. The van der Waals surface area contributed by atoms with E-state index in [-0.39, 0.29) is 0 Å². The lowest BCUT2D eigenvalue weighted by molar-refractivity contribution is 0.829. The van der Waals surface area contributed by atoms with Crippen LogP contribution in [0.2, 0.25) is 5.02 Å². The molecule has 1 aromatic carbocycles. The third kappa shape index (κ3) is 2.53. The molecule has 3 rings (SSSR count). The maximum atomic E-state index is 5.97. The molecule has 2 aromatic heterocycles. The van der Waals surface area contributed by atoms with Crippen LogP contribution in [0.5, 0.6) is 0 Å². The number of aryl methyl sites for hydroxylation is 3. The second-order valence-corrected chi connectivity index (χ2v) is 5.61. The van der Waals surface area contributed by atoms with E-state index in [1.54, 1.807) is 0 Å². The molecule has 0 unspecified atom stereocenters. The number of aromatic nitrogens is 4. The van der Waals surface area contributed by atoms with E-state index in [1.807, 2.05) is 29.6 Å². The number of benzene rings is 1. The van der Waals surface area contributed by atoms with Gasteiger partial charge in [0.1, 0.15) is 10.4 Å². The summed E-state index contributed by atoms with van der Waals surface area (Å²) in [6, 6.07) is 7.90. The van der Waals surface area contributed by atoms with Gasteiger partial charge in [-0.2, -0.15) is 4.98 Å². The minimum atomic E-state index is 0.700. The van der Waals surface area contributed by atoms with Crippen LogP contribution in [0.15, 0.2) is 28.9 Å². The Morgan fingerprint density at radius 1 is 1.32 bits per heavy atom. The Labute approximate surface area is 123 Å². The normalized spacial score (nSPS) is 11.3. The topological polar surface area (TPSA) is 46.0 Å². The Kier molecular flexibility index (Phi) is 3.33. The number of nitrogens with zero attached hydrogens (tertiary/aromatic N) is 3. The van der Waals surface area contributed by atoms with Crippen molar-refractivity contribution in [2.75, 3.05) is 0 Å². The van der Waals surface area contributed by atoms with Crippen LogP contribution in [-0.4, -0.2) is 19.6 Å². The average molecular weight is 340 g/mol. The zero-order valence-corrected chi connectivity index (χ0v) is 12.7. The summed E-state index contributed by atoms with van der Waals surface area (Å²) >= 11 is 9.45. The number of rotatable bonds is 3. The van der Waals surface area contributed by atoms with Gasteiger partial charge in [0.15, 0.2) is 0 Å². The lowest BCUT2D eigenvalue weighted by Crippen LogP contribution is -1.95. The summed E-state index contributed by atoms with van der Waals surface area (Å²) in [4.78, 5) is 8.82. The number of fused-ring (bicyclic) bond motifs is 1. The van der Waals surface area contributed by atoms with Crippen molar-refractivity contribution in [2.24, 2.45) is 0 Å². The van der Waals surface area contributed by atoms with E-state index in [2.05, 4.69) is 37.1 Å². The smallest absolute Gasteiger partial charge is 0.251 e. The van der Waals surface area contributed by atoms with Crippen LogP contribution in [0.3, 0.4) is 0 Å². The molecule has 19 heavy (non-hydrogen) atoms. The molecule has 0 saturated carbocycles. The molecule has 0 atom stereocenters. The molecule has 0 aliphatic heterocycles. The minimum absolute atomic E-state index is 0.700. The molecule has 4 nitrogen and oxygen atoms in total. The molecule has 0 amide bonds. The van der Waals surface area contributed by atoms with Crippen molar-refractivity contribution in [3.8, 4) is 0 Å². The minimum Gasteiger partial charge on any atom is -0.277 e. The summed E-state index contributed by atoms with van der Waals surface area (Å²) in [6.45, 7) is 1.94. The van der Waals surface area contributed by atoms with Gasteiger partial charge in [0.05, 0.1) is 5.69 Å². The van der Waals surface area contributed by atoms with E-state index in [9.17, 15) is 0 Å². The predicted octanol–water partition coefficient (Wildman–Crippen LogP) is 3.57. The van der Waals surface area contributed by atoms with Crippen LogP contribution in [0.25, 0.3) is 5.78 Å². The summed E-state index contributed by atoms with van der Waals surface area (Å²) in [5.74, 6) is 1.62. The molecule has 0 fully saturated rings. The summed E-state index contributed by atoms with van der Waals surface area (Å²) in [5.41, 5.74) is 2.14. The maximum absolute atomic E-state index is 5.97. The monoisotopic (exact) mass is 338 g/mol. The Bertz CT molecular complexity index is 731.